The molecule has 1 aliphatic heterocycles. The number of hydrogen-bond acceptors (Lipinski definition) is 5. The molecule has 6 heteroatoms. The zero-order valence-corrected chi connectivity index (χ0v) is 11.6. The van der Waals surface area contributed by atoms with Gasteiger partial charge in [-0.15, -0.1) is 0 Å². The van der Waals surface area contributed by atoms with E-state index in [1.165, 1.54) is 17.4 Å². The fraction of sp³-hybridized carbons (Fsp3) is 0.286. The molecule has 20 heavy (non-hydrogen) atoms. The molecule has 0 bridgehead atoms. The lowest BCUT2D eigenvalue weighted by Gasteiger charge is -2.14. The van der Waals surface area contributed by atoms with E-state index >= 15 is 0 Å². The van der Waals surface area contributed by atoms with E-state index in [9.17, 15) is 4.79 Å². The summed E-state index contributed by atoms with van der Waals surface area (Å²) in [4.78, 5) is 17.9. The lowest BCUT2D eigenvalue weighted by molar-refractivity contribution is -0.125. The van der Waals surface area contributed by atoms with Crippen LogP contribution in [0.2, 0.25) is 0 Å². The van der Waals surface area contributed by atoms with E-state index in [0.29, 0.717) is 24.0 Å². The minimum atomic E-state index is -0.0216. The van der Waals surface area contributed by atoms with E-state index in [-0.39, 0.29) is 12.0 Å². The average Bonchev–Trinajstić information content (AvgIpc) is 3.19. The first-order chi connectivity index (χ1) is 9.81. The number of nitrogens with zero attached hydrogens (tertiary/aromatic N) is 2. The average molecular weight is 290 g/mol. The van der Waals surface area contributed by atoms with Crippen LogP contribution < -0.4 is 4.74 Å². The highest BCUT2D eigenvalue weighted by Gasteiger charge is 2.26. The van der Waals surface area contributed by atoms with Gasteiger partial charge in [0, 0.05) is 30.6 Å². The van der Waals surface area contributed by atoms with Crippen molar-refractivity contribution in [3.63, 3.8) is 0 Å². The second-order valence-electron chi connectivity index (χ2n) is 4.46. The lowest BCUT2D eigenvalue weighted by atomic mass is 10.3. The predicted octanol–water partition coefficient (Wildman–Crippen LogP) is 2.43. The Balaban J connectivity index is 1.53. The topological polar surface area (TPSA) is 55.6 Å². The van der Waals surface area contributed by atoms with Gasteiger partial charge in [0.1, 0.15) is 11.9 Å². The molecule has 2 aromatic rings. The Kier molecular flexibility index (Phi) is 3.83. The molecule has 0 aromatic carbocycles. The number of furan rings is 1. The Hall–Kier alpha value is -2.08. The van der Waals surface area contributed by atoms with Crippen molar-refractivity contribution in [2.45, 2.75) is 12.5 Å². The molecule has 1 atom stereocenters. The molecule has 0 aliphatic carbocycles. The van der Waals surface area contributed by atoms with Gasteiger partial charge in [-0.1, -0.05) is 11.3 Å². The second kappa shape index (κ2) is 5.92. The summed E-state index contributed by atoms with van der Waals surface area (Å²) < 4.78 is 10.9. The number of hydrogen-bond donors (Lipinski definition) is 0. The van der Waals surface area contributed by atoms with Crippen LogP contribution in [0.5, 0.6) is 5.19 Å². The first kappa shape index (κ1) is 12.9. The highest BCUT2D eigenvalue weighted by atomic mass is 32.1. The highest BCUT2D eigenvalue weighted by Crippen LogP contribution is 2.20. The molecule has 0 radical (unpaired) electrons. The van der Waals surface area contributed by atoms with Crippen LogP contribution in [0.15, 0.2) is 40.5 Å². The van der Waals surface area contributed by atoms with Crippen LogP contribution >= 0.6 is 11.3 Å². The molecule has 0 unspecified atom stereocenters. The third kappa shape index (κ3) is 3.08. The molecule has 3 heterocycles. The van der Waals surface area contributed by atoms with Gasteiger partial charge in [-0.25, -0.2) is 4.98 Å². The van der Waals surface area contributed by atoms with Gasteiger partial charge >= 0.3 is 0 Å². The highest BCUT2D eigenvalue weighted by molar-refractivity contribution is 7.11. The fourth-order valence-corrected chi connectivity index (χ4v) is 2.63. The summed E-state index contributed by atoms with van der Waals surface area (Å²) in [7, 11) is 0. The third-order valence-corrected chi connectivity index (χ3v) is 3.73. The molecular formula is C14H14N2O3S. The van der Waals surface area contributed by atoms with Crippen LogP contribution in [-0.4, -0.2) is 35.0 Å². The zero-order chi connectivity index (χ0) is 13.8. The number of ether oxygens (including phenoxy) is 1. The van der Waals surface area contributed by atoms with Crippen molar-refractivity contribution in [2.75, 3.05) is 13.1 Å². The normalized spacial score (nSPS) is 18.8. The van der Waals surface area contributed by atoms with Crippen LogP contribution in [0.1, 0.15) is 12.2 Å². The van der Waals surface area contributed by atoms with Gasteiger partial charge in [0.05, 0.1) is 12.8 Å². The van der Waals surface area contributed by atoms with Gasteiger partial charge < -0.3 is 14.1 Å². The van der Waals surface area contributed by atoms with Crippen LogP contribution in [0.4, 0.5) is 0 Å². The molecule has 2 aromatic heterocycles. The predicted molar refractivity (Wildman–Crippen MR) is 75.5 cm³/mol. The maximum Gasteiger partial charge on any atom is 0.273 e. The summed E-state index contributed by atoms with van der Waals surface area (Å²) in [5, 5.41) is 2.54. The number of carbonyl (C=O) groups is 1. The molecule has 1 fully saturated rings. The van der Waals surface area contributed by atoms with Crippen molar-refractivity contribution >= 4 is 23.3 Å². The van der Waals surface area contributed by atoms with Crippen molar-refractivity contribution in [2.24, 2.45) is 0 Å². The van der Waals surface area contributed by atoms with Crippen LogP contribution in [0.25, 0.3) is 6.08 Å². The molecule has 0 saturated carbocycles. The molecule has 3 rings (SSSR count). The van der Waals surface area contributed by atoms with Gasteiger partial charge in [0.2, 0.25) is 5.91 Å². The quantitative estimate of drug-likeness (QED) is 0.812. The monoisotopic (exact) mass is 290 g/mol. The molecule has 1 aliphatic rings. The Morgan fingerprint density at radius 3 is 3.30 bits per heavy atom. The summed E-state index contributed by atoms with van der Waals surface area (Å²) in [5.41, 5.74) is 0. The molecule has 1 amide bonds. The Morgan fingerprint density at radius 2 is 2.55 bits per heavy atom. The summed E-state index contributed by atoms with van der Waals surface area (Å²) in [6.07, 6.45) is 7.37. The number of amides is 1. The maximum atomic E-state index is 12.0. The van der Waals surface area contributed by atoms with E-state index < -0.39 is 0 Å². The van der Waals surface area contributed by atoms with Crippen LogP contribution in [-0.2, 0) is 4.79 Å². The van der Waals surface area contributed by atoms with Crippen LogP contribution in [0.3, 0.4) is 0 Å². The minimum Gasteiger partial charge on any atom is -0.465 e. The zero-order valence-electron chi connectivity index (χ0n) is 10.8. The largest absolute Gasteiger partial charge is 0.465 e. The van der Waals surface area contributed by atoms with Crippen molar-refractivity contribution in [1.29, 1.82) is 0 Å². The first-order valence-corrected chi connectivity index (χ1v) is 7.26. The SMILES string of the molecule is O=C(/C=C/c1ccco1)N1CC[C@@H](Oc2nccs2)C1. The Labute approximate surface area is 120 Å². The van der Waals surface area contributed by atoms with E-state index in [4.69, 9.17) is 9.15 Å². The first-order valence-electron chi connectivity index (χ1n) is 6.38. The molecule has 0 N–H and O–H groups in total. The summed E-state index contributed by atoms with van der Waals surface area (Å²) in [5.74, 6) is 0.653. The molecule has 104 valence electrons. The second-order valence-corrected chi connectivity index (χ2v) is 5.32. The summed E-state index contributed by atoms with van der Waals surface area (Å²) >= 11 is 1.46. The number of carbonyl (C=O) groups excluding carboxylic acids is 1. The third-order valence-electron chi connectivity index (χ3n) is 3.07. The number of aromatic nitrogens is 1. The number of rotatable bonds is 4. The van der Waals surface area contributed by atoms with Gasteiger partial charge in [0.15, 0.2) is 0 Å². The number of thiazole rings is 1. The maximum absolute atomic E-state index is 12.0. The standard InChI is InChI=1S/C14H14N2O3S/c17-13(4-3-11-2-1-8-18-11)16-7-5-12(10-16)19-14-15-6-9-20-14/h1-4,6,8-9,12H,5,7,10H2/b4-3+/t12-/m1/s1. The molecule has 0 spiro atoms. The van der Waals surface area contributed by atoms with E-state index in [1.807, 2.05) is 11.4 Å². The Morgan fingerprint density at radius 1 is 1.60 bits per heavy atom. The minimum absolute atomic E-state index is 0.0216. The van der Waals surface area contributed by atoms with Crippen molar-refractivity contribution in [3.8, 4) is 5.19 Å². The van der Waals surface area contributed by atoms with Gasteiger partial charge in [-0.05, 0) is 18.2 Å². The van der Waals surface area contributed by atoms with Crippen molar-refractivity contribution in [3.05, 3.63) is 41.8 Å². The lowest BCUT2D eigenvalue weighted by Crippen LogP contribution is -2.29. The molecular weight excluding hydrogens is 276 g/mol. The van der Waals surface area contributed by atoms with Crippen LogP contribution in [0, 0.1) is 0 Å². The van der Waals surface area contributed by atoms with Crippen molar-refractivity contribution in [1.82, 2.24) is 9.88 Å². The molecule has 1 saturated heterocycles. The van der Waals surface area contributed by atoms with Gasteiger partial charge in [0.25, 0.3) is 5.19 Å². The van der Waals surface area contributed by atoms with Gasteiger partial charge in [-0.3, -0.25) is 4.79 Å². The smallest absolute Gasteiger partial charge is 0.273 e. The summed E-state index contributed by atoms with van der Waals surface area (Å²) in [6.45, 7) is 1.30. The summed E-state index contributed by atoms with van der Waals surface area (Å²) in [6, 6.07) is 3.60. The van der Waals surface area contributed by atoms with Crippen molar-refractivity contribution < 1.29 is 13.9 Å². The van der Waals surface area contributed by atoms with E-state index in [2.05, 4.69) is 4.98 Å². The molecule has 5 nitrogen and oxygen atoms in total. The Bertz CT molecular complexity index is 578. The number of likely N-dealkylation sites (tertiary alicyclic amines) is 1. The van der Waals surface area contributed by atoms with Gasteiger partial charge in [-0.2, -0.15) is 0 Å². The van der Waals surface area contributed by atoms with E-state index in [0.717, 1.165) is 6.42 Å². The fourth-order valence-electron chi connectivity index (χ4n) is 2.08. The van der Waals surface area contributed by atoms with E-state index in [1.54, 1.807) is 29.5 Å².